The van der Waals surface area contributed by atoms with Crippen molar-refractivity contribution >= 4 is 23.4 Å². The molecule has 1 spiro atoms. The van der Waals surface area contributed by atoms with Crippen LogP contribution in [0, 0.1) is 11.2 Å². The van der Waals surface area contributed by atoms with Gasteiger partial charge in [0.1, 0.15) is 12.4 Å². The van der Waals surface area contributed by atoms with Crippen LogP contribution in [0.25, 0.3) is 0 Å². The first-order chi connectivity index (χ1) is 11.0. The standard InChI is InChI=1S/C17H19FN2O3/c18-12-6-2-3-7-13(12)19-14(21)11-20-15(22)10-17(16(20)23)8-4-1-5-9-17/h2-3,6-7H,1,4-5,8-11H2,(H,19,21). The van der Waals surface area contributed by atoms with Gasteiger partial charge in [0.25, 0.3) is 0 Å². The Morgan fingerprint density at radius 2 is 1.87 bits per heavy atom. The number of rotatable bonds is 3. The van der Waals surface area contributed by atoms with E-state index in [1.807, 2.05) is 0 Å². The van der Waals surface area contributed by atoms with Gasteiger partial charge in [-0.2, -0.15) is 0 Å². The molecule has 2 fully saturated rings. The lowest BCUT2D eigenvalue weighted by Gasteiger charge is -2.30. The van der Waals surface area contributed by atoms with Crippen molar-refractivity contribution in [2.45, 2.75) is 38.5 Å². The number of nitrogens with zero attached hydrogens (tertiary/aromatic N) is 1. The maximum Gasteiger partial charge on any atom is 0.244 e. The number of hydrogen-bond donors (Lipinski definition) is 1. The number of carbonyl (C=O) groups is 3. The second kappa shape index (κ2) is 6.10. The SMILES string of the molecule is O=C(CN1C(=O)CC2(CCCCC2)C1=O)Nc1ccccc1F. The number of amides is 3. The summed E-state index contributed by atoms with van der Waals surface area (Å²) in [7, 11) is 0. The van der Waals surface area contributed by atoms with Gasteiger partial charge in [0, 0.05) is 6.42 Å². The van der Waals surface area contributed by atoms with E-state index in [0.717, 1.165) is 24.2 Å². The summed E-state index contributed by atoms with van der Waals surface area (Å²) in [6, 6.07) is 5.79. The lowest BCUT2D eigenvalue weighted by Crippen LogP contribution is -2.41. The molecule has 0 aromatic heterocycles. The molecular weight excluding hydrogens is 299 g/mol. The highest BCUT2D eigenvalue weighted by atomic mass is 19.1. The Balaban J connectivity index is 1.68. The topological polar surface area (TPSA) is 66.5 Å². The maximum atomic E-state index is 13.5. The molecule has 0 radical (unpaired) electrons. The first-order valence-corrected chi connectivity index (χ1v) is 7.91. The number of likely N-dealkylation sites (tertiary alicyclic amines) is 1. The van der Waals surface area contributed by atoms with Crippen molar-refractivity contribution in [1.82, 2.24) is 4.90 Å². The number of anilines is 1. The van der Waals surface area contributed by atoms with Crippen molar-refractivity contribution in [3.05, 3.63) is 30.1 Å². The van der Waals surface area contributed by atoms with Gasteiger partial charge in [-0.25, -0.2) is 4.39 Å². The fourth-order valence-corrected chi connectivity index (χ4v) is 3.54. The molecule has 1 aliphatic heterocycles. The molecule has 5 nitrogen and oxygen atoms in total. The lowest BCUT2D eigenvalue weighted by atomic mass is 9.73. The number of nitrogens with one attached hydrogen (secondary N) is 1. The van der Waals surface area contributed by atoms with E-state index in [-0.39, 0.29) is 30.5 Å². The second-order valence-electron chi connectivity index (χ2n) is 6.33. The third kappa shape index (κ3) is 2.98. The van der Waals surface area contributed by atoms with Gasteiger partial charge in [-0.15, -0.1) is 0 Å². The van der Waals surface area contributed by atoms with Gasteiger partial charge in [-0.3, -0.25) is 19.3 Å². The highest BCUT2D eigenvalue weighted by molar-refractivity contribution is 6.09. The minimum Gasteiger partial charge on any atom is -0.322 e. The van der Waals surface area contributed by atoms with Gasteiger partial charge in [-0.05, 0) is 25.0 Å². The summed E-state index contributed by atoms with van der Waals surface area (Å²) in [4.78, 5) is 37.9. The van der Waals surface area contributed by atoms with Crippen LogP contribution in [0.3, 0.4) is 0 Å². The first-order valence-electron chi connectivity index (χ1n) is 7.91. The molecule has 1 heterocycles. The highest BCUT2D eigenvalue weighted by Gasteiger charge is 2.51. The van der Waals surface area contributed by atoms with Crippen LogP contribution < -0.4 is 5.32 Å². The van der Waals surface area contributed by atoms with Gasteiger partial charge in [-0.1, -0.05) is 31.4 Å². The average Bonchev–Trinajstić information content (AvgIpc) is 2.75. The van der Waals surface area contributed by atoms with Gasteiger partial charge >= 0.3 is 0 Å². The van der Waals surface area contributed by atoms with E-state index >= 15 is 0 Å². The van der Waals surface area contributed by atoms with Gasteiger partial charge in [0.15, 0.2) is 0 Å². The largest absolute Gasteiger partial charge is 0.322 e. The van der Waals surface area contributed by atoms with Crippen LogP contribution in [0.4, 0.5) is 10.1 Å². The van der Waals surface area contributed by atoms with E-state index in [1.54, 1.807) is 6.07 Å². The number of imide groups is 1. The summed E-state index contributed by atoms with van der Waals surface area (Å²) in [5.74, 6) is -1.67. The van der Waals surface area contributed by atoms with Crippen LogP contribution in [0.1, 0.15) is 38.5 Å². The summed E-state index contributed by atoms with van der Waals surface area (Å²) in [6.07, 6.45) is 4.57. The molecule has 1 aliphatic carbocycles. The Morgan fingerprint density at radius 1 is 1.17 bits per heavy atom. The van der Waals surface area contributed by atoms with Crippen LogP contribution in [0.5, 0.6) is 0 Å². The number of benzene rings is 1. The zero-order chi connectivity index (χ0) is 16.4. The molecule has 3 rings (SSSR count). The van der Waals surface area contributed by atoms with E-state index in [0.29, 0.717) is 12.8 Å². The molecule has 3 amide bonds. The predicted molar refractivity (Wildman–Crippen MR) is 81.9 cm³/mol. The van der Waals surface area contributed by atoms with Crippen LogP contribution >= 0.6 is 0 Å². The number of hydrogen-bond acceptors (Lipinski definition) is 3. The third-order valence-corrected chi connectivity index (χ3v) is 4.75. The van der Waals surface area contributed by atoms with Gasteiger partial charge in [0.05, 0.1) is 11.1 Å². The van der Waals surface area contributed by atoms with Crippen LogP contribution in [0.15, 0.2) is 24.3 Å². The van der Waals surface area contributed by atoms with Gasteiger partial charge in [0.2, 0.25) is 17.7 Å². The van der Waals surface area contributed by atoms with E-state index in [9.17, 15) is 18.8 Å². The van der Waals surface area contributed by atoms with Crippen LogP contribution in [0.2, 0.25) is 0 Å². The fourth-order valence-electron chi connectivity index (χ4n) is 3.54. The lowest BCUT2D eigenvalue weighted by molar-refractivity contribution is -0.144. The Hall–Kier alpha value is -2.24. The summed E-state index contributed by atoms with van der Waals surface area (Å²) < 4.78 is 13.5. The van der Waals surface area contributed by atoms with Crippen LogP contribution in [-0.2, 0) is 14.4 Å². The fraction of sp³-hybridized carbons (Fsp3) is 0.471. The molecule has 0 atom stereocenters. The third-order valence-electron chi connectivity index (χ3n) is 4.75. The van der Waals surface area contributed by atoms with E-state index < -0.39 is 17.1 Å². The Labute approximate surface area is 133 Å². The first kappa shape index (κ1) is 15.6. The van der Waals surface area contributed by atoms with Crippen molar-refractivity contribution in [3.63, 3.8) is 0 Å². The molecule has 2 aliphatic rings. The molecule has 23 heavy (non-hydrogen) atoms. The normalized spacial score (nSPS) is 20.1. The predicted octanol–water partition coefficient (Wildman–Crippen LogP) is 2.47. The molecule has 1 aromatic rings. The molecule has 1 saturated carbocycles. The molecule has 0 unspecified atom stereocenters. The van der Waals surface area contributed by atoms with E-state index in [1.165, 1.54) is 18.2 Å². The molecule has 0 bridgehead atoms. The Bertz CT molecular complexity index is 653. The minimum absolute atomic E-state index is 0.0453. The molecule has 122 valence electrons. The smallest absolute Gasteiger partial charge is 0.244 e. The van der Waals surface area contributed by atoms with Crippen molar-refractivity contribution < 1.29 is 18.8 Å². The summed E-state index contributed by atoms with van der Waals surface area (Å²) in [5.41, 5.74) is -0.558. The summed E-state index contributed by atoms with van der Waals surface area (Å²) in [5, 5.41) is 2.41. The average molecular weight is 318 g/mol. The molecule has 1 N–H and O–H groups in total. The molecule has 1 aromatic carbocycles. The van der Waals surface area contributed by atoms with E-state index in [4.69, 9.17) is 0 Å². The maximum absolute atomic E-state index is 13.5. The van der Waals surface area contributed by atoms with Gasteiger partial charge < -0.3 is 5.32 Å². The second-order valence-corrected chi connectivity index (χ2v) is 6.33. The van der Waals surface area contributed by atoms with Crippen molar-refractivity contribution in [2.75, 3.05) is 11.9 Å². The highest BCUT2D eigenvalue weighted by Crippen LogP contribution is 2.45. The number of para-hydroxylation sites is 1. The zero-order valence-electron chi connectivity index (χ0n) is 12.8. The summed E-state index contributed by atoms with van der Waals surface area (Å²) >= 11 is 0. The molecule has 6 heteroatoms. The Kier molecular flexibility index (Phi) is 4.15. The summed E-state index contributed by atoms with van der Waals surface area (Å²) in [6.45, 7) is -0.353. The quantitative estimate of drug-likeness (QED) is 0.871. The van der Waals surface area contributed by atoms with Crippen molar-refractivity contribution in [3.8, 4) is 0 Å². The van der Waals surface area contributed by atoms with Crippen molar-refractivity contribution in [1.29, 1.82) is 0 Å². The number of carbonyl (C=O) groups excluding carboxylic acids is 3. The number of halogens is 1. The van der Waals surface area contributed by atoms with E-state index in [2.05, 4.69) is 5.32 Å². The Morgan fingerprint density at radius 3 is 2.57 bits per heavy atom. The zero-order valence-corrected chi connectivity index (χ0v) is 12.8. The molecular formula is C17H19FN2O3. The van der Waals surface area contributed by atoms with Crippen LogP contribution in [-0.4, -0.2) is 29.2 Å². The minimum atomic E-state index is -0.604. The molecule has 1 saturated heterocycles. The monoisotopic (exact) mass is 318 g/mol. The van der Waals surface area contributed by atoms with Crippen molar-refractivity contribution in [2.24, 2.45) is 5.41 Å².